The summed E-state index contributed by atoms with van der Waals surface area (Å²) >= 11 is 0. The lowest BCUT2D eigenvalue weighted by atomic mass is 9.99. The van der Waals surface area contributed by atoms with Gasteiger partial charge < -0.3 is 10.2 Å². The third-order valence-electron chi connectivity index (χ3n) is 4.84. The van der Waals surface area contributed by atoms with E-state index in [1.54, 1.807) is 6.20 Å². The van der Waals surface area contributed by atoms with Crippen LogP contribution in [-0.4, -0.2) is 34.3 Å². The number of aromatic nitrogens is 3. The fraction of sp³-hybridized carbons (Fsp3) is 0.812. The molecule has 116 valence electrons. The van der Waals surface area contributed by atoms with Crippen LogP contribution in [-0.2, 0) is 0 Å². The molecule has 0 unspecified atom stereocenters. The Morgan fingerprint density at radius 3 is 2.48 bits per heavy atom. The maximum atomic E-state index is 4.69. The van der Waals surface area contributed by atoms with Crippen molar-refractivity contribution in [2.24, 2.45) is 5.92 Å². The van der Waals surface area contributed by atoms with Crippen LogP contribution in [0.2, 0.25) is 0 Å². The van der Waals surface area contributed by atoms with E-state index in [4.69, 9.17) is 0 Å². The Balaban J connectivity index is 1.62. The number of anilines is 2. The highest BCUT2D eigenvalue weighted by Gasteiger charge is 2.19. The highest BCUT2D eigenvalue weighted by Crippen LogP contribution is 2.23. The molecule has 21 heavy (non-hydrogen) atoms. The molecule has 2 fully saturated rings. The average Bonchev–Trinajstić information content (AvgIpc) is 2.77. The molecule has 1 saturated heterocycles. The largest absolute Gasteiger partial charge is 0.355 e. The molecular weight excluding hydrogens is 262 g/mol. The van der Waals surface area contributed by atoms with Gasteiger partial charge in [-0.25, -0.2) is 0 Å². The van der Waals surface area contributed by atoms with E-state index in [0.717, 1.165) is 24.8 Å². The lowest BCUT2D eigenvalue weighted by Gasteiger charge is -2.31. The first-order valence-electron chi connectivity index (χ1n) is 8.52. The maximum Gasteiger partial charge on any atom is 0.244 e. The first kappa shape index (κ1) is 14.5. The van der Waals surface area contributed by atoms with Crippen molar-refractivity contribution < 1.29 is 0 Å². The van der Waals surface area contributed by atoms with Gasteiger partial charge in [0.05, 0.1) is 6.20 Å². The van der Waals surface area contributed by atoms with Gasteiger partial charge in [-0.15, -0.1) is 5.10 Å². The number of nitrogens with one attached hydrogen (secondary N) is 1. The summed E-state index contributed by atoms with van der Waals surface area (Å²) in [5.74, 6) is 2.52. The van der Waals surface area contributed by atoms with Gasteiger partial charge in [0.2, 0.25) is 5.95 Å². The van der Waals surface area contributed by atoms with Crippen LogP contribution < -0.4 is 10.2 Å². The minimum Gasteiger partial charge on any atom is -0.355 e. The molecule has 1 aliphatic carbocycles. The number of rotatable bonds is 3. The predicted molar refractivity (Wildman–Crippen MR) is 85.6 cm³/mol. The average molecular weight is 289 g/mol. The molecule has 2 heterocycles. The van der Waals surface area contributed by atoms with Crippen molar-refractivity contribution in [3.8, 4) is 0 Å². The van der Waals surface area contributed by atoms with Gasteiger partial charge in [0.1, 0.15) is 0 Å². The molecule has 0 spiro atoms. The molecule has 5 heteroatoms. The summed E-state index contributed by atoms with van der Waals surface area (Å²) in [7, 11) is 0. The zero-order valence-electron chi connectivity index (χ0n) is 13.1. The molecule has 0 aromatic carbocycles. The van der Waals surface area contributed by atoms with Crippen LogP contribution in [0.15, 0.2) is 6.20 Å². The minimum atomic E-state index is 0.519. The van der Waals surface area contributed by atoms with E-state index in [0.29, 0.717) is 12.0 Å². The van der Waals surface area contributed by atoms with E-state index in [1.807, 2.05) is 0 Å². The molecule has 0 bridgehead atoms. The Hall–Kier alpha value is -1.39. The lowest BCUT2D eigenvalue weighted by molar-refractivity contribution is 0.436. The molecule has 1 aromatic heterocycles. The van der Waals surface area contributed by atoms with Crippen molar-refractivity contribution in [3.63, 3.8) is 0 Å². The van der Waals surface area contributed by atoms with Gasteiger partial charge in [0, 0.05) is 19.1 Å². The Labute approximate surface area is 127 Å². The van der Waals surface area contributed by atoms with E-state index < -0.39 is 0 Å². The van der Waals surface area contributed by atoms with Crippen molar-refractivity contribution in [1.29, 1.82) is 0 Å². The highest BCUT2D eigenvalue weighted by atomic mass is 15.3. The molecule has 1 aromatic rings. The van der Waals surface area contributed by atoms with Gasteiger partial charge in [-0.3, -0.25) is 0 Å². The topological polar surface area (TPSA) is 53.9 Å². The molecule has 3 rings (SSSR count). The third kappa shape index (κ3) is 4.05. The zero-order valence-corrected chi connectivity index (χ0v) is 13.1. The normalized spacial score (nSPS) is 22.0. The number of piperidine rings is 1. The highest BCUT2D eigenvalue weighted by molar-refractivity contribution is 5.40. The molecule has 0 atom stereocenters. The molecule has 1 N–H and O–H groups in total. The number of hydrogen-bond acceptors (Lipinski definition) is 5. The fourth-order valence-corrected chi connectivity index (χ4v) is 3.35. The molecule has 2 aliphatic rings. The molecular formula is C16H27N5. The molecule has 0 amide bonds. The second-order valence-electron chi connectivity index (χ2n) is 6.64. The van der Waals surface area contributed by atoms with E-state index in [1.165, 1.54) is 51.4 Å². The molecule has 1 saturated carbocycles. The van der Waals surface area contributed by atoms with Crippen LogP contribution in [0, 0.1) is 5.92 Å². The second kappa shape index (κ2) is 7.05. The van der Waals surface area contributed by atoms with Crippen molar-refractivity contribution in [2.75, 3.05) is 23.3 Å². The Kier molecular flexibility index (Phi) is 4.88. The van der Waals surface area contributed by atoms with E-state index in [9.17, 15) is 0 Å². The third-order valence-corrected chi connectivity index (χ3v) is 4.84. The van der Waals surface area contributed by atoms with Crippen LogP contribution in [0.4, 0.5) is 11.8 Å². The number of hydrogen-bond donors (Lipinski definition) is 1. The van der Waals surface area contributed by atoms with Gasteiger partial charge in [-0.1, -0.05) is 32.6 Å². The quantitative estimate of drug-likeness (QED) is 0.866. The second-order valence-corrected chi connectivity index (χ2v) is 6.64. The van der Waals surface area contributed by atoms with Gasteiger partial charge in [-0.2, -0.15) is 10.1 Å². The standard InChI is InChI=1S/C16H27N5/c1-13-8-10-21(11-9-13)15-12-17-20-16(19-15)18-14-6-4-2-3-5-7-14/h12-14H,2-11H2,1H3,(H,18,19,20). The van der Waals surface area contributed by atoms with Crippen molar-refractivity contribution >= 4 is 11.8 Å². The van der Waals surface area contributed by atoms with Crippen molar-refractivity contribution in [2.45, 2.75) is 64.3 Å². The first-order chi connectivity index (χ1) is 10.3. The van der Waals surface area contributed by atoms with E-state index in [-0.39, 0.29) is 0 Å². The summed E-state index contributed by atoms with van der Waals surface area (Å²) in [6.45, 7) is 4.50. The van der Waals surface area contributed by atoms with Crippen LogP contribution in [0.1, 0.15) is 58.3 Å². The smallest absolute Gasteiger partial charge is 0.244 e. The SMILES string of the molecule is CC1CCN(c2cnnc(NC3CCCCCC3)n2)CC1. The molecule has 5 nitrogen and oxygen atoms in total. The van der Waals surface area contributed by atoms with Crippen LogP contribution in [0.5, 0.6) is 0 Å². The van der Waals surface area contributed by atoms with Gasteiger partial charge in [0.25, 0.3) is 0 Å². The molecule has 0 radical (unpaired) electrons. The van der Waals surface area contributed by atoms with Crippen molar-refractivity contribution in [1.82, 2.24) is 15.2 Å². The fourth-order valence-electron chi connectivity index (χ4n) is 3.35. The summed E-state index contributed by atoms with van der Waals surface area (Å²) < 4.78 is 0. The zero-order chi connectivity index (χ0) is 14.5. The number of nitrogens with zero attached hydrogens (tertiary/aromatic N) is 4. The summed E-state index contributed by atoms with van der Waals surface area (Å²) in [5, 5.41) is 11.8. The summed E-state index contributed by atoms with van der Waals surface area (Å²) in [4.78, 5) is 7.03. The maximum absolute atomic E-state index is 4.69. The van der Waals surface area contributed by atoms with E-state index >= 15 is 0 Å². The van der Waals surface area contributed by atoms with Gasteiger partial charge in [0.15, 0.2) is 5.82 Å². The van der Waals surface area contributed by atoms with Crippen LogP contribution >= 0.6 is 0 Å². The van der Waals surface area contributed by atoms with Crippen molar-refractivity contribution in [3.05, 3.63) is 6.20 Å². The first-order valence-corrected chi connectivity index (χ1v) is 8.52. The molecule has 1 aliphatic heterocycles. The Morgan fingerprint density at radius 1 is 1.05 bits per heavy atom. The lowest BCUT2D eigenvalue weighted by Crippen LogP contribution is -2.33. The van der Waals surface area contributed by atoms with E-state index in [2.05, 4.69) is 32.3 Å². The van der Waals surface area contributed by atoms with Gasteiger partial charge >= 0.3 is 0 Å². The van der Waals surface area contributed by atoms with Crippen LogP contribution in [0.25, 0.3) is 0 Å². The predicted octanol–water partition coefficient (Wildman–Crippen LogP) is 3.24. The van der Waals surface area contributed by atoms with Gasteiger partial charge in [-0.05, 0) is 31.6 Å². The Morgan fingerprint density at radius 2 is 1.76 bits per heavy atom. The minimum absolute atomic E-state index is 0.519. The van der Waals surface area contributed by atoms with Crippen LogP contribution in [0.3, 0.4) is 0 Å². The summed E-state index contributed by atoms with van der Waals surface area (Å²) in [6, 6.07) is 0.519. The Bertz CT molecular complexity index is 434. The monoisotopic (exact) mass is 289 g/mol. The summed E-state index contributed by atoms with van der Waals surface area (Å²) in [6.07, 6.45) is 12.1. The summed E-state index contributed by atoms with van der Waals surface area (Å²) in [5.41, 5.74) is 0.